The van der Waals surface area contributed by atoms with E-state index in [-0.39, 0.29) is 94.3 Å². The van der Waals surface area contributed by atoms with Gasteiger partial charge in [-0.05, 0) is 176 Å². The SMILES string of the molecule is CC[C@H](C)[C@H](N)C(=O)N[C@@H](CC(N)=O)C(=O)N[C@@H](Cc1c[nH]c2ccccc12)C(=O)N[C@@H](CCCCN)C(=O)NCC(=O)N[C@H](C(=O)N[C@@H](C)C(=O)N[C@@H](Cc1ccc(C#N)cc1)C(=O)N[C@@H](CCSC)C(=O)N[C@@H](C)C(=O)N[C@@H](CCCCN)C(=O)N[C@@H](CCCCN)C(=O)N[C@@H](CC(C)C)C(=O)N[C@@H](CC(C)C)C(=O)O)[C@@H](C)CC. The molecule has 0 unspecified atom stereocenters. The van der Waals surface area contributed by atoms with Crippen LogP contribution in [0.3, 0.4) is 0 Å². The third-order valence-corrected chi connectivity index (χ3v) is 20.5. The van der Waals surface area contributed by atoms with Crippen molar-refractivity contribution in [1.82, 2.24) is 74.1 Å². The third-order valence-electron chi connectivity index (χ3n) is 19.9. The summed E-state index contributed by atoms with van der Waals surface area (Å²) in [5.41, 5.74) is 31.2. The summed E-state index contributed by atoms with van der Waals surface area (Å²) >= 11 is 1.34. The fourth-order valence-corrected chi connectivity index (χ4v) is 12.9. The number of nitrogens with zero attached hydrogens (tertiary/aromatic N) is 1. The van der Waals surface area contributed by atoms with Crippen molar-refractivity contribution in [3.8, 4) is 6.07 Å². The molecule has 3 aromatic rings. The van der Waals surface area contributed by atoms with Crippen LogP contribution in [0.1, 0.15) is 182 Å². The zero-order valence-corrected chi connectivity index (χ0v) is 70.2. The quantitative estimate of drug-likeness (QED) is 0.0314. The first-order valence-corrected chi connectivity index (χ1v) is 41.7. The number of rotatable bonds is 56. The van der Waals surface area contributed by atoms with Gasteiger partial charge in [0.2, 0.25) is 82.7 Å². The highest BCUT2D eigenvalue weighted by Gasteiger charge is 2.38. The molecule has 0 aliphatic rings. The van der Waals surface area contributed by atoms with Crippen LogP contribution in [0.4, 0.5) is 0 Å². The molecule has 1 heterocycles. The maximum Gasteiger partial charge on any atom is 0.326 e. The lowest BCUT2D eigenvalue weighted by atomic mass is 9.98. The molecule has 15 atom stereocenters. The van der Waals surface area contributed by atoms with Crippen LogP contribution in [0.15, 0.2) is 54.7 Å². The fraction of sp³-hybridized carbons (Fsp3) is 0.625. The van der Waals surface area contributed by atoms with Crippen LogP contribution in [0.5, 0.6) is 0 Å². The summed E-state index contributed by atoms with van der Waals surface area (Å²) in [7, 11) is 0. The van der Waals surface area contributed by atoms with Gasteiger partial charge < -0.3 is 108 Å². The number of thioether (sulfide) groups is 1. The molecule has 36 nitrogen and oxygen atoms in total. The number of hydrogen-bond acceptors (Lipinski definition) is 21. The minimum atomic E-state index is -1.56. The van der Waals surface area contributed by atoms with E-state index in [1.54, 1.807) is 83.5 Å². The number of H-pyrrole nitrogens is 1. The number of carbonyl (C=O) groups is 15. The summed E-state index contributed by atoms with van der Waals surface area (Å²) in [6, 6.07) is -2.00. The second-order valence-corrected chi connectivity index (χ2v) is 31.5. The molecule has 0 fully saturated rings. The van der Waals surface area contributed by atoms with Crippen molar-refractivity contribution in [2.75, 3.05) is 38.2 Å². The van der Waals surface area contributed by atoms with Gasteiger partial charge in [0.05, 0.1) is 30.6 Å². The Morgan fingerprint density at radius 3 is 1.38 bits per heavy atom. The molecule has 650 valence electrons. The van der Waals surface area contributed by atoms with Gasteiger partial charge in [-0.15, -0.1) is 0 Å². The molecule has 117 heavy (non-hydrogen) atoms. The Labute approximate surface area is 689 Å². The van der Waals surface area contributed by atoms with Gasteiger partial charge in [-0.25, -0.2) is 4.79 Å². The van der Waals surface area contributed by atoms with Crippen molar-refractivity contribution in [2.24, 2.45) is 52.3 Å². The summed E-state index contributed by atoms with van der Waals surface area (Å²) < 4.78 is 0. The van der Waals surface area contributed by atoms with Crippen molar-refractivity contribution in [2.45, 2.75) is 257 Å². The molecule has 0 saturated carbocycles. The highest BCUT2D eigenvalue weighted by molar-refractivity contribution is 7.98. The number of nitrogens with one attached hydrogen (secondary N) is 14. The Morgan fingerprint density at radius 2 is 0.889 bits per heavy atom. The summed E-state index contributed by atoms with van der Waals surface area (Å²) in [6.45, 7) is 16.9. The zero-order chi connectivity index (χ0) is 87.6. The number of aromatic amines is 1. The van der Waals surface area contributed by atoms with Crippen molar-refractivity contribution >= 4 is 111 Å². The van der Waals surface area contributed by atoms with Crippen molar-refractivity contribution in [3.63, 3.8) is 0 Å². The van der Waals surface area contributed by atoms with Gasteiger partial charge in [0, 0.05) is 29.9 Å². The first-order valence-electron chi connectivity index (χ1n) is 40.3. The summed E-state index contributed by atoms with van der Waals surface area (Å²) in [6.07, 6.45) is 5.91. The number of hydrogen-bond donors (Lipinski definition) is 20. The monoisotopic (exact) mass is 1660 g/mol. The van der Waals surface area contributed by atoms with E-state index in [9.17, 15) is 82.3 Å². The van der Waals surface area contributed by atoms with E-state index in [2.05, 4.69) is 74.1 Å². The molecular formula is C80H128N20O16S. The van der Waals surface area contributed by atoms with Gasteiger partial charge in [-0.2, -0.15) is 17.0 Å². The Hall–Kier alpha value is -10.3. The van der Waals surface area contributed by atoms with E-state index in [0.29, 0.717) is 79.1 Å². The van der Waals surface area contributed by atoms with Gasteiger partial charge in [0.1, 0.15) is 72.5 Å². The first-order chi connectivity index (χ1) is 55.4. The molecule has 3 rings (SSSR count). The van der Waals surface area contributed by atoms with Gasteiger partial charge in [-0.1, -0.05) is 98.6 Å². The minimum absolute atomic E-state index is 0.000495. The topological polar surface area (TPSA) is 602 Å². The van der Waals surface area contributed by atoms with Crippen molar-refractivity contribution in [3.05, 3.63) is 71.4 Å². The Morgan fingerprint density at radius 1 is 0.470 bits per heavy atom. The highest BCUT2D eigenvalue weighted by atomic mass is 32.2. The normalized spacial score (nSPS) is 15.1. The molecule has 37 heteroatoms. The molecule has 0 spiro atoms. The van der Waals surface area contributed by atoms with Gasteiger partial charge in [0.15, 0.2) is 0 Å². The molecule has 25 N–H and O–H groups in total. The molecule has 2 aromatic carbocycles. The summed E-state index contributed by atoms with van der Waals surface area (Å²) in [4.78, 5) is 211. The maximum absolute atomic E-state index is 14.7. The molecule has 0 aliphatic heterocycles. The predicted octanol–water partition coefficient (Wildman–Crippen LogP) is -0.590. The highest BCUT2D eigenvalue weighted by Crippen LogP contribution is 2.21. The molecule has 1 aromatic heterocycles. The third kappa shape index (κ3) is 36.0. The average Bonchev–Trinajstić information content (AvgIpc) is 1.69. The molecule has 14 amide bonds. The molecule has 0 bridgehead atoms. The molecular weight excluding hydrogens is 1530 g/mol. The van der Waals surface area contributed by atoms with Crippen LogP contribution >= 0.6 is 11.8 Å². The minimum Gasteiger partial charge on any atom is -0.480 e. The van der Waals surface area contributed by atoms with Crippen LogP contribution < -0.4 is 97.8 Å². The Kier molecular flexibility index (Phi) is 45.8. The van der Waals surface area contributed by atoms with Crippen LogP contribution in [0.25, 0.3) is 10.9 Å². The van der Waals surface area contributed by atoms with E-state index in [4.69, 9.17) is 28.7 Å². The number of primary amides is 1. The van der Waals surface area contributed by atoms with Crippen molar-refractivity contribution < 1.29 is 77.0 Å². The number of nitriles is 1. The maximum atomic E-state index is 14.7. The van der Waals surface area contributed by atoms with E-state index in [1.807, 2.05) is 26.8 Å². The van der Waals surface area contributed by atoms with E-state index < -0.39 is 186 Å². The number of carbonyl (C=O) groups excluding carboxylic acids is 14. The van der Waals surface area contributed by atoms with E-state index in [0.717, 1.165) is 0 Å². The van der Waals surface area contributed by atoms with E-state index in [1.165, 1.54) is 37.7 Å². The van der Waals surface area contributed by atoms with Gasteiger partial charge in [-0.3, -0.25) is 67.1 Å². The predicted molar refractivity (Wildman–Crippen MR) is 443 cm³/mol. The smallest absolute Gasteiger partial charge is 0.326 e. The van der Waals surface area contributed by atoms with Crippen molar-refractivity contribution in [1.29, 1.82) is 5.26 Å². The molecule has 0 aliphatic carbocycles. The lowest BCUT2D eigenvalue weighted by molar-refractivity contribution is -0.143. The number of carboxylic acids is 1. The lowest BCUT2D eigenvalue weighted by Gasteiger charge is -2.28. The standard InChI is InChI=1S/C80H128N20O16S/c1-12-46(7)66(86)78(113)98-62(40-64(85)101)77(112)97-61(39-52-42-87-54-23-15-14-22-53(52)54)76(111)92-55(24-16-19-32-81)70(105)88-43-65(102)100-67(47(8)13-2)79(114)90-49(10)69(104)95-60(38-50-27-29-51(41-84)30-28-50)75(110)94-58(31-35-117-11)71(106)89-48(9)68(103)91-56(25-17-20-33-82)72(107)93-57(26-18-21-34-83)73(108)96-59(36-44(3)4)74(109)99-63(80(115)116)37-45(5)6/h14-15,22-23,27-30,42,44-49,55-63,66-67,87H,12-13,16-21,24-26,31-40,43,81-83,86H2,1-11H3,(H2,85,101)(H,88,105)(H,89,106)(H,90,114)(H,91,103)(H,92,111)(H,93,107)(H,94,110)(H,95,104)(H,96,108)(H,97,112)(H,98,113)(H,99,109)(H,100,102)(H,115,116)/t46-,47-,48-,49-,55-,56-,57-,58-,59-,60-,61-,62-,63-,66-,67-/m0/s1. The van der Waals surface area contributed by atoms with Crippen LogP contribution in [0.2, 0.25) is 0 Å². The van der Waals surface area contributed by atoms with Crippen LogP contribution in [-0.2, 0) is 84.8 Å². The number of nitrogens with two attached hydrogens (primary N) is 5. The number of fused-ring (bicyclic) bond motifs is 1. The second-order valence-electron chi connectivity index (χ2n) is 30.6. The first kappa shape index (κ1) is 101. The number of para-hydroxylation sites is 1. The van der Waals surface area contributed by atoms with E-state index >= 15 is 0 Å². The average molecular weight is 1660 g/mol. The number of aliphatic carboxylic acids is 1. The number of aromatic nitrogens is 1. The second kappa shape index (κ2) is 53.1. The summed E-state index contributed by atoms with van der Waals surface area (Å²) in [5, 5.41) is 54.4. The van der Waals surface area contributed by atoms with Crippen LogP contribution in [0, 0.1) is 35.0 Å². The molecule has 0 radical (unpaired) electrons. The largest absolute Gasteiger partial charge is 0.480 e. The fourth-order valence-electron chi connectivity index (χ4n) is 12.5. The van der Waals surface area contributed by atoms with Gasteiger partial charge in [0.25, 0.3) is 0 Å². The number of unbranched alkanes of at least 4 members (excludes halogenated alkanes) is 3. The zero-order valence-electron chi connectivity index (χ0n) is 69.4. The number of carboxylic acid groups (broad SMARTS) is 1. The number of amides is 14. The van der Waals surface area contributed by atoms with Gasteiger partial charge >= 0.3 is 5.97 Å². The number of benzene rings is 2. The Bertz CT molecular complexity index is 3820. The summed E-state index contributed by atoms with van der Waals surface area (Å²) in [5.74, 6) is -13.8. The lowest BCUT2D eigenvalue weighted by Crippen LogP contribution is -2.60. The molecule has 0 saturated heterocycles. The Balaban J connectivity index is 1.87. The van der Waals surface area contributed by atoms with Crippen LogP contribution in [-0.4, -0.2) is 215 Å².